The van der Waals surface area contributed by atoms with Crippen molar-refractivity contribution in [1.82, 2.24) is 29.7 Å². The summed E-state index contributed by atoms with van der Waals surface area (Å²) in [5.41, 5.74) is 2.43. The van der Waals surface area contributed by atoms with Crippen molar-refractivity contribution in [2.75, 3.05) is 23.8 Å². The predicted octanol–water partition coefficient (Wildman–Crippen LogP) is 4.91. The number of allylic oxidation sites excluding steroid dienone is 1. The molecule has 0 unspecified atom stereocenters. The normalized spacial score (nSPS) is 21.3. The second-order valence-corrected chi connectivity index (χ2v) is 10.8. The fourth-order valence-electron chi connectivity index (χ4n) is 5.52. The minimum absolute atomic E-state index is 0.194. The molecule has 0 bridgehead atoms. The van der Waals surface area contributed by atoms with Crippen LogP contribution < -0.4 is 16.0 Å². The maximum atomic E-state index is 11.6. The number of hydrogen-bond donors (Lipinski definition) is 2. The van der Waals surface area contributed by atoms with Crippen LogP contribution in [0, 0.1) is 17.8 Å². The number of hydrogen-bond acceptors (Lipinski definition) is 8. The molecule has 2 saturated carbocycles. The second kappa shape index (κ2) is 10.1. The van der Waals surface area contributed by atoms with Gasteiger partial charge in [0.15, 0.2) is 11.5 Å². The molecule has 0 aromatic carbocycles. The third kappa shape index (κ3) is 4.65. The summed E-state index contributed by atoms with van der Waals surface area (Å²) in [6, 6.07) is 0.241. The molecule has 2 fully saturated rings. The fraction of sp³-hybridized carbons (Fsp3) is 0.654. The number of imidazole rings is 1. The Bertz CT molecular complexity index is 1280. The zero-order valence-corrected chi connectivity index (χ0v) is 21.9. The van der Waals surface area contributed by atoms with Gasteiger partial charge in [0.2, 0.25) is 17.6 Å². The largest absolute Gasteiger partial charge is 0.439 e. The van der Waals surface area contributed by atoms with Crippen LogP contribution in [-0.2, 0) is 0 Å². The van der Waals surface area contributed by atoms with E-state index in [2.05, 4.69) is 59.3 Å². The lowest BCUT2D eigenvalue weighted by molar-refractivity contribution is 0.285. The quantitative estimate of drug-likeness (QED) is 0.431. The molecule has 1 atom stereocenters. The van der Waals surface area contributed by atoms with Crippen molar-refractivity contribution < 1.29 is 4.52 Å². The molecule has 2 aliphatic carbocycles. The van der Waals surface area contributed by atoms with E-state index in [0.717, 1.165) is 48.9 Å². The van der Waals surface area contributed by atoms with Crippen LogP contribution >= 0.6 is 0 Å². The molecule has 3 heterocycles. The number of nitrogens with zero attached hydrogens (tertiary/aromatic N) is 6. The van der Waals surface area contributed by atoms with Crippen LogP contribution in [0.25, 0.3) is 28.5 Å². The van der Waals surface area contributed by atoms with E-state index >= 15 is 0 Å². The van der Waals surface area contributed by atoms with Crippen molar-refractivity contribution in [1.29, 1.82) is 0 Å². The first-order valence-corrected chi connectivity index (χ1v) is 13.4. The Morgan fingerprint density at radius 2 is 1.97 bits per heavy atom. The van der Waals surface area contributed by atoms with Crippen molar-refractivity contribution in [3.63, 3.8) is 0 Å². The van der Waals surface area contributed by atoms with Gasteiger partial charge in [0, 0.05) is 25.3 Å². The summed E-state index contributed by atoms with van der Waals surface area (Å²) in [5, 5.41) is 7.50. The van der Waals surface area contributed by atoms with Gasteiger partial charge in [-0.1, -0.05) is 44.8 Å². The molecule has 0 spiro atoms. The molecular weight excluding hydrogens is 456 g/mol. The van der Waals surface area contributed by atoms with Gasteiger partial charge >= 0.3 is 5.76 Å². The van der Waals surface area contributed by atoms with E-state index in [4.69, 9.17) is 19.5 Å². The minimum atomic E-state index is -0.639. The number of H-pyrrole nitrogens is 1. The Morgan fingerprint density at radius 3 is 2.58 bits per heavy atom. The van der Waals surface area contributed by atoms with Crippen molar-refractivity contribution >= 4 is 28.6 Å². The van der Waals surface area contributed by atoms with Crippen LogP contribution in [0.3, 0.4) is 0 Å². The van der Waals surface area contributed by atoms with E-state index in [1.807, 2.05) is 0 Å². The lowest BCUT2D eigenvalue weighted by Gasteiger charge is -2.33. The first kappa shape index (κ1) is 24.5. The number of anilines is 2. The van der Waals surface area contributed by atoms with Crippen LogP contribution in [-0.4, -0.2) is 49.3 Å². The average molecular weight is 495 g/mol. The number of aromatic nitrogens is 6. The Balaban J connectivity index is 1.67. The summed E-state index contributed by atoms with van der Waals surface area (Å²) in [5.74, 6) is 3.08. The van der Waals surface area contributed by atoms with Gasteiger partial charge in [0.1, 0.15) is 5.52 Å². The molecule has 0 saturated heterocycles. The molecule has 2 aliphatic rings. The van der Waals surface area contributed by atoms with Crippen LogP contribution in [0.1, 0.15) is 72.1 Å². The lowest BCUT2D eigenvalue weighted by atomic mass is 9.80. The molecule has 3 aromatic rings. The van der Waals surface area contributed by atoms with Gasteiger partial charge in [-0.05, 0) is 56.8 Å². The van der Waals surface area contributed by atoms with E-state index < -0.39 is 5.76 Å². The number of rotatable bonds is 9. The molecular formula is C26H38N8O2. The first-order chi connectivity index (χ1) is 17.4. The molecule has 10 nitrogen and oxygen atoms in total. The maximum Gasteiger partial charge on any atom is 0.439 e. The smallest absolute Gasteiger partial charge is 0.365 e. The van der Waals surface area contributed by atoms with E-state index in [-0.39, 0.29) is 17.7 Å². The van der Waals surface area contributed by atoms with Gasteiger partial charge in [-0.15, -0.1) is 0 Å². The predicted molar refractivity (Wildman–Crippen MR) is 142 cm³/mol. The topological polar surface area (TPSA) is 118 Å². The third-order valence-corrected chi connectivity index (χ3v) is 8.04. The molecule has 2 N–H and O–H groups in total. The second-order valence-electron chi connectivity index (χ2n) is 10.8. The standard InChI is InChI=1S/C26H38N8O2/c1-6-14-33(5)25-30-22-20(34(25)17(4)19-12-10-15(2)11-13-19)21(27-16(3)18-8-7-9-18)28-23(29-22)24-31-26(35)36-32-24/h15-16,18-19H,4,6-14H2,1-3,5H3,(H,27,28,29)(H,31,32,35)/t15?,16-,19?/m1/s1. The van der Waals surface area contributed by atoms with Crippen molar-refractivity contribution in [2.24, 2.45) is 17.8 Å². The van der Waals surface area contributed by atoms with Gasteiger partial charge in [-0.2, -0.15) is 4.98 Å². The number of aromatic amines is 1. The highest BCUT2D eigenvalue weighted by atomic mass is 16.5. The summed E-state index contributed by atoms with van der Waals surface area (Å²) in [4.78, 5) is 30.9. The highest BCUT2D eigenvalue weighted by Crippen LogP contribution is 2.40. The third-order valence-electron chi connectivity index (χ3n) is 8.04. The maximum absolute atomic E-state index is 11.6. The number of fused-ring (bicyclic) bond motifs is 1. The summed E-state index contributed by atoms with van der Waals surface area (Å²) in [7, 11) is 2.06. The van der Waals surface area contributed by atoms with Gasteiger partial charge in [-0.25, -0.2) is 14.8 Å². The molecule has 3 aromatic heterocycles. The van der Waals surface area contributed by atoms with Crippen molar-refractivity contribution in [3.05, 3.63) is 17.1 Å². The minimum Gasteiger partial charge on any atom is -0.365 e. The summed E-state index contributed by atoms with van der Waals surface area (Å²) in [6.07, 6.45) is 9.34. The molecule has 0 radical (unpaired) electrons. The molecule has 0 amide bonds. The fourth-order valence-corrected chi connectivity index (χ4v) is 5.52. The van der Waals surface area contributed by atoms with Gasteiger partial charge in [0.25, 0.3) is 0 Å². The highest BCUT2D eigenvalue weighted by Gasteiger charge is 2.30. The summed E-state index contributed by atoms with van der Waals surface area (Å²) < 4.78 is 6.91. The summed E-state index contributed by atoms with van der Waals surface area (Å²) >= 11 is 0. The van der Waals surface area contributed by atoms with Gasteiger partial charge in [-0.3, -0.25) is 14.1 Å². The van der Waals surface area contributed by atoms with E-state index in [0.29, 0.717) is 23.3 Å². The zero-order chi connectivity index (χ0) is 25.4. The van der Waals surface area contributed by atoms with Crippen LogP contribution in [0.4, 0.5) is 11.8 Å². The SMILES string of the molecule is C=C(C1CCC(C)CC1)n1c(N(C)CCC)nc2nc(-c3noc(=O)[nH]3)nc(N[C@H](C)C3CCC3)c21. The Labute approximate surface area is 211 Å². The van der Waals surface area contributed by atoms with E-state index in [1.165, 1.54) is 32.1 Å². The van der Waals surface area contributed by atoms with E-state index in [9.17, 15) is 4.79 Å². The zero-order valence-electron chi connectivity index (χ0n) is 21.9. The Morgan fingerprint density at radius 1 is 1.22 bits per heavy atom. The Hall–Kier alpha value is -3.17. The average Bonchev–Trinajstić information content (AvgIpc) is 3.42. The monoisotopic (exact) mass is 494 g/mol. The van der Waals surface area contributed by atoms with E-state index in [1.54, 1.807) is 0 Å². The van der Waals surface area contributed by atoms with Gasteiger partial charge in [0.05, 0.1) is 0 Å². The molecule has 0 aliphatic heterocycles. The highest BCUT2D eigenvalue weighted by molar-refractivity contribution is 5.91. The lowest BCUT2D eigenvalue weighted by Crippen LogP contribution is -2.31. The molecule has 36 heavy (non-hydrogen) atoms. The number of nitrogens with one attached hydrogen (secondary N) is 2. The van der Waals surface area contributed by atoms with Crippen molar-refractivity contribution in [3.8, 4) is 11.6 Å². The molecule has 10 heteroatoms. The molecule has 194 valence electrons. The Kier molecular flexibility index (Phi) is 6.85. The van der Waals surface area contributed by atoms with Gasteiger partial charge < -0.3 is 10.2 Å². The van der Waals surface area contributed by atoms with Crippen LogP contribution in [0.2, 0.25) is 0 Å². The van der Waals surface area contributed by atoms with Crippen LogP contribution in [0.15, 0.2) is 15.9 Å². The summed E-state index contributed by atoms with van der Waals surface area (Å²) in [6.45, 7) is 12.2. The van der Waals surface area contributed by atoms with Crippen LogP contribution in [0.5, 0.6) is 0 Å². The van der Waals surface area contributed by atoms with Crippen molar-refractivity contribution in [2.45, 2.75) is 78.2 Å². The first-order valence-electron chi connectivity index (χ1n) is 13.4. The molecule has 5 rings (SSSR count).